The highest BCUT2D eigenvalue weighted by Crippen LogP contribution is 2.64. The zero-order chi connectivity index (χ0) is 57.6. The molecule has 4 nitrogen and oxygen atoms in total. The number of allylic oxidation sites excluding steroid dienone is 5. The first-order valence-electron chi connectivity index (χ1n) is 29.5. The summed E-state index contributed by atoms with van der Waals surface area (Å²) in [6.07, 6.45) is 11.9. The summed E-state index contributed by atoms with van der Waals surface area (Å²) in [5.41, 5.74) is 23.7. The number of hydrogen-bond donors (Lipinski definition) is 0. The molecule has 0 saturated heterocycles. The van der Waals surface area contributed by atoms with Gasteiger partial charge in [-0.2, -0.15) is 0 Å². The van der Waals surface area contributed by atoms with E-state index < -0.39 is 5.41 Å². The van der Waals surface area contributed by atoms with Crippen LogP contribution >= 0.6 is 0 Å². The van der Waals surface area contributed by atoms with Crippen molar-refractivity contribution in [2.75, 3.05) is 9.80 Å². The molecule has 1 spiro atoms. The van der Waals surface area contributed by atoms with Gasteiger partial charge in [0.15, 0.2) is 0 Å². The maximum Gasteiger partial charge on any atom is 0.0725 e. The first kappa shape index (κ1) is 50.5. The minimum Gasteiger partial charge on any atom is -0.310 e. The molecule has 2 heterocycles. The maximum atomic E-state index is 4.32. The van der Waals surface area contributed by atoms with Crippen LogP contribution in [0.15, 0.2) is 305 Å². The molecule has 16 rings (SSSR count). The van der Waals surface area contributed by atoms with Crippen molar-refractivity contribution in [2.24, 2.45) is 0 Å². The smallest absolute Gasteiger partial charge is 0.0725 e. The van der Waals surface area contributed by atoms with Gasteiger partial charge in [-0.05, 0) is 219 Å². The molecule has 0 atom stereocenters. The van der Waals surface area contributed by atoms with E-state index in [0.717, 1.165) is 67.7 Å². The first-order valence-corrected chi connectivity index (χ1v) is 29.5. The monoisotopic (exact) mass is 1100 g/mol. The lowest BCUT2D eigenvalue weighted by atomic mass is 9.70. The lowest BCUT2D eigenvalue weighted by Gasteiger charge is -2.31. The van der Waals surface area contributed by atoms with E-state index >= 15 is 0 Å². The fourth-order valence-corrected chi connectivity index (χ4v) is 14.5. The molecular formula is C82H58N4. The second-order valence-electron chi connectivity index (χ2n) is 22.5. The van der Waals surface area contributed by atoms with Crippen molar-refractivity contribution in [1.29, 1.82) is 0 Å². The number of para-hydroxylation sites is 4. The summed E-state index contributed by atoms with van der Waals surface area (Å²) in [6, 6.07) is 96.9. The Labute approximate surface area is 501 Å². The first-order chi connectivity index (χ1) is 42.5. The van der Waals surface area contributed by atoms with Crippen LogP contribution in [0.3, 0.4) is 0 Å². The molecule has 0 unspecified atom stereocenters. The zero-order valence-electron chi connectivity index (χ0n) is 47.7. The Bertz CT molecular complexity index is 5140. The highest BCUT2D eigenvalue weighted by Gasteiger charge is 2.52. The molecule has 86 heavy (non-hydrogen) atoms. The molecule has 2 aliphatic rings. The molecule has 0 amide bonds. The Morgan fingerprint density at radius 3 is 1.43 bits per heavy atom. The molecule has 14 aromatic rings. The molecule has 0 aliphatic heterocycles. The van der Waals surface area contributed by atoms with Crippen LogP contribution in [0.25, 0.3) is 100 Å². The van der Waals surface area contributed by atoms with E-state index in [1.54, 1.807) is 0 Å². The summed E-state index contributed by atoms with van der Waals surface area (Å²) in [4.78, 5) is 4.80. The molecule has 2 aliphatic carbocycles. The Hall–Kier alpha value is -11.2. The van der Waals surface area contributed by atoms with E-state index in [0.29, 0.717) is 0 Å². The van der Waals surface area contributed by atoms with Crippen LogP contribution in [-0.4, -0.2) is 9.13 Å². The predicted octanol–water partition coefficient (Wildman–Crippen LogP) is 22.2. The Balaban J connectivity index is 0.879. The van der Waals surface area contributed by atoms with Crippen LogP contribution in [0.1, 0.15) is 40.4 Å². The average molecular weight is 1100 g/mol. The number of hydrogen-bond acceptors (Lipinski definition) is 2. The number of anilines is 6. The lowest BCUT2D eigenvalue weighted by Crippen LogP contribution is -2.25. The van der Waals surface area contributed by atoms with Gasteiger partial charge in [-0.15, -0.1) is 0 Å². The van der Waals surface area contributed by atoms with Gasteiger partial charge in [0.25, 0.3) is 0 Å². The molecule has 4 heteroatoms. The van der Waals surface area contributed by atoms with Crippen LogP contribution in [0.4, 0.5) is 34.1 Å². The number of aromatic nitrogens is 2. The van der Waals surface area contributed by atoms with Gasteiger partial charge in [-0.25, -0.2) is 0 Å². The third kappa shape index (κ3) is 7.49. The maximum absolute atomic E-state index is 4.32. The molecule has 0 bridgehead atoms. The number of nitrogens with zero attached hydrogens (tertiary/aromatic N) is 4. The van der Waals surface area contributed by atoms with Gasteiger partial charge in [0.2, 0.25) is 0 Å². The minimum absolute atomic E-state index is 0.587. The van der Waals surface area contributed by atoms with Crippen molar-refractivity contribution < 1.29 is 0 Å². The van der Waals surface area contributed by atoms with Crippen LogP contribution in [0, 0.1) is 0 Å². The largest absolute Gasteiger partial charge is 0.310 e. The van der Waals surface area contributed by atoms with E-state index in [-0.39, 0.29) is 0 Å². The van der Waals surface area contributed by atoms with Crippen LogP contribution in [-0.2, 0) is 5.41 Å². The van der Waals surface area contributed by atoms with Gasteiger partial charge < -0.3 is 18.9 Å². The quantitative estimate of drug-likeness (QED) is 0.113. The van der Waals surface area contributed by atoms with E-state index in [4.69, 9.17) is 0 Å². The van der Waals surface area contributed by atoms with Crippen molar-refractivity contribution in [1.82, 2.24) is 9.13 Å². The van der Waals surface area contributed by atoms with E-state index in [1.165, 1.54) is 87.9 Å². The highest BCUT2D eigenvalue weighted by atomic mass is 15.1. The Morgan fingerprint density at radius 2 is 0.872 bits per heavy atom. The van der Waals surface area contributed by atoms with E-state index in [2.05, 4.69) is 312 Å². The summed E-state index contributed by atoms with van der Waals surface area (Å²) in [5.74, 6) is 0. The van der Waals surface area contributed by atoms with Crippen molar-refractivity contribution in [2.45, 2.75) is 12.3 Å². The fraction of sp³-hybridized carbons (Fsp3) is 0.0244. The Morgan fingerprint density at radius 1 is 0.384 bits per heavy atom. The minimum atomic E-state index is -0.587. The van der Waals surface area contributed by atoms with Gasteiger partial charge in [0, 0.05) is 67.2 Å². The standard InChI is InChI=1S/C82H58N4/c1-5-24-58(25-6-2)85-78(8-4)66(7-3)72-52-64(42-44-80(72)85)83(59-26-12-9-13-27-59)62-40-38-54-48-70-71-49-55-39-41-63(47-57(55)51-77(71)82(76(70)50-56(54)46-62)74-35-21-18-32-67(74)68-33-19-22-36-75(68)82)84(60-28-14-10-15-29-60)65-43-45-81-73(53-65)69-34-20-23-37-79(69)86(81)61-30-16-11-17-31-61/h5-53H,1,3-4H2,2H3/b25-6-,58-24+. The third-order valence-corrected chi connectivity index (χ3v) is 18.0. The summed E-state index contributed by atoms with van der Waals surface area (Å²) in [7, 11) is 0. The topological polar surface area (TPSA) is 16.3 Å². The van der Waals surface area contributed by atoms with Crippen LogP contribution in [0.2, 0.25) is 0 Å². The second-order valence-corrected chi connectivity index (χ2v) is 22.5. The average Bonchev–Trinajstić information content (AvgIpc) is 1.53. The summed E-state index contributed by atoms with van der Waals surface area (Å²) < 4.78 is 4.63. The molecule has 406 valence electrons. The number of benzene rings is 12. The normalized spacial score (nSPS) is 13.0. The second kappa shape index (κ2) is 20.0. The molecule has 12 aromatic carbocycles. The zero-order valence-corrected chi connectivity index (χ0v) is 47.7. The summed E-state index contributed by atoms with van der Waals surface area (Å²) in [6.45, 7) is 14.7. The molecule has 0 saturated carbocycles. The van der Waals surface area contributed by atoms with Gasteiger partial charge in [-0.3, -0.25) is 0 Å². The van der Waals surface area contributed by atoms with Gasteiger partial charge in [-0.1, -0.05) is 171 Å². The predicted molar refractivity (Wildman–Crippen MR) is 366 cm³/mol. The SMILES string of the molecule is C=C/C=C(\C=C/C)n1c(C=C)c(C=C)c2cc(N(c3ccccc3)c3ccc4cc5c(cc4c3)C3(c4ccccc4-c4ccccc43)c3cc4cc(N(c6ccccc6)c6ccc7c(c6)c6ccccc6n7-c6ccccc6)ccc4cc3-5)ccc21. The van der Waals surface area contributed by atoms with Gasteiger partial charge in [0.1, 0.15) is 0 Å². The van der Waals surface area contributed by atoms with Gasteiger partial charge >= 0.3 is 0 Å². The number of fused-ring (bicyclic) bond motifs is 16. The lowest BCUT2D eigenvalue weighted by molar-refractivity contribution is 0.796. The van der Waals surface area contributed by atoms with Crippen molar-refractivity contribution >= 4 is 106 Å². The molecule has 0 N–H and O–H groups in total. The fourth-order valence-electron chi connectivity index (χ4n) is 14.5. The Kier molecular flexibility index (Phi) is 11.8. The van der Waals surface area contributed by atoms with E-state index in [1.807, 2.05) is 31.2 Å². The van der Waals surface area contributed by atoms with Crippen molar-refractivity contribution in [3.05, 3.63) is 338 Å². The van der Waals surface area contributed by atoms with E-state index in [9.17, 15) is 0 Å². The van der Waals surface area contributed by atoms with Gasteiger partial charge in [0.05, 0.1) is 27.7 Å². The van der Waals surface area contributed by atoms with Crippen molar-refractivity contribution in [3.8, 4) is 27.9 Å². The number of rotatable bonds is 12. The van der Waals surface area contributed by atoms with Crippen molar-refractivity contribution in [3.63, 3.8) is 0 Å². The van der Waals surface area contributed by atoms with Crippen LogP contribution < -0.4 is 9.80 Å². The third-order valence-electron chi connectivity index (χ3n) is 18.0. The summed E-state index contributed by atoms with van der Waals surface area (Å²) >= 11 is 0. The molecule has 0 radical (unpaired) electrons. The molecule has 2 aromatic heterocycles. The molecular weight excluding hydrogens is 1040 g/mol. The molecule has 0 fully saturated rings. The summed E-state index contributed by atoms with van der Waals surface area (Å²) in [5, 5.41) is 8.25. The highest BCUT2D eigenvalue weighted by molar-refractivity contribution is 6.11. The van der Waals surface area contributed by atoms with Crippen LogP contribution in [0.5, 0.6) is 0 Å².